The van der Waals surface area contributed by atoms with Crippen LogP contribution in [0.5, 0.6) is 0 Å². The first kappa shape index (κ1) is 13.1. The summed E-state index contributed by atoms with van der Waals surface area (Å²) in [6.07, 6.45) is 1.65. The number of rotatable bonds is 3. The second-order valence-electron chi connectivity index (χ2n) is 5.71. The van der Waals surface area contributed by atoms with E-state index in [4.69, 9.17) is 0 Å². The van der Waals surface area contributed by atoms with E-state index in [0.29, 0.717) is 31.4 Å². The van der Waals surface area contributed by atoms with Gasteiger partial charge in [0.2, 0.25) is 11.8 Å². The Bertz CT molecular complexity index is 569. The molecule has 106 valence electrons. The Morgan fingerprint density at radius 1 is 1.40 bits per heavy atom. The topological polar surface area (TPSA) is 49.4 Å². The maximum atomic E-state index is 13.9. The van der Waals surface area contributed by atoms with Crippen molar-refractivity contribution in [2.75, 3.05) is 13.6 Å². The summed E-state index contributed by atoms with van der Waals surface area (Å²) in [6, 6.07) is 6.27. The number of halogens is 1. The highest BCUT2D eigenvalue weighted by Gasteiger charge is 2.53. The van der Waals surface area contributed by atoms with E-state index in [1.54, 1.807) is 30.1 Å². The van der Waals surface area contributed by atoms with Gasteiger partial charge in [-0.15, -0.1) is 0 Å². The fourth-order valence-corrected chi connectivity index (χ4v) is 2.88. The minimum Gasteiger partial charge on any atom is -0.350 e. The molecule has 0 spiro atoms. The summed E-state index contributed by atoms with van der Waals surface area (Å²) in [6.45, 7) is 0.526. The molecule has 2 fully saturated rings. The zero-order chi connectivity index (χ0) is 14.3. The third-order valence-corrected chi connectivity index (χ3v) is 4.25. The van der Waals surface area contributed by atoms with Gasteiger partial charge in [-0.2, -0.15) is 0 Å². The van der Waals surface area contributed by atoms with Crippen LogP contribution in [0.2, 0.25) is 0 Å². The summed E-state index contributed by atoms with van der Waals surface area (Å²) < 4.78 is 13.9. The van der Waals surface area contributed by atoms with Crippen LogP contribution in [0.1, 0.15) is 24.8 Å². The van der Waals surface area contributed by atoms with E-state index in [-0.39, 0.29) is 23.7 Å². The quantitative estimate of drug-likeness (QED) is 0.902. The predicted molar refractivity (Wildman–Crippen MR) is 71.5 cm³/mol. The smallest absolute Gasteiger partial charge is 0.231 e. The Morgan fingerprint density at radius 3 is 2.65 bits per heavy atom. The number of benzene rings is 1. The summed E-state index contributed by atoms with van der Waals surface area (Å²) in [5.74, 6) is -0.457. The van der Waals surface area contributed by atoms with Crippen LogP contribution in [0.25, 0.3) is 0 Å². The molecule has 1 saturated heterocycles. The molecule has 1 heterocycles. The maximum absolute atomic E-state index is 13.9. The lowest BCUT2D eigenvalue weighted by Crippen LogP contribution is -2.42. The fourth-order valence-electron chi connectivity index (χ4n) is 2.88. The molecule has 5 heteroatoms. The van der Waals surface area contributed by atoms with Crippen molar-refractivity contribution in [2.45, 2.75) is 30.7 Å². The van der Waals surface area contributed by atoms with Crippen LogP contribution >= 0.6 is 0 Å². The van der Waals surface area contributed by atoms with Crippen LogP contribution in [-0.2, 0) is 15.0 Å². The lowest BCUT2D eigenvalue weighted by Gasteiger charge is -2.19. The van der Waals surface area contributed by atoms with Crippen LogP contribution in [0, 0.1) is 5.82 Å². The molecule has 1 aliphatic carbocycles. The molecule has 1 aliphatic heterocycles. The molecule has 0 bridgehead atoms. The first-order chi connectivity index (χ1) is 9.53. The molecule has 20 heavy (non-hydrogen) atoms. The number of amides is 2. The van der Waals surface area contributed by atoms with Crippen molar-refractivity contribution >= 4 is 11.8 Å². The van der Waals surface area contributed by atoms with Gasteiger partial charge in [0.25, 0.3) is 0 Å². The molecule has 2 amide bonds. The normalized spacial score (nSPS) is 23.8. The Labute approximate surface area is 117 Å². The van der Waals surface area contributed by atoms with Crippen molar-refractivity contribution in [3.8, 4) is 0 Å². The van der Waals surface area contributed by atoms with Gasteiger partial charge in [0.05, 0.1) is 11.5 Å². The molecule has 1 unspecified atom stereocenters. The molecule has 0 aromatic heterocycles. The van der Waals surface area contributed by atoms with Crippen LogP contribution in [0.15, 0.2) is 24.3 Å². The summed E-state index contributed by atoms with van der Waals surface area (Å²) in [7, 11) is 1.72. The van der Waals surface area contributed by atoms with E-state index in [1.165, 1.54) is 6.07 Å². The summed E-state index contributed by atoms with van der Waals surface area (Å²) in [5, 5.41) is 2.90. The molecule has 1 saturated carbocycles. The standard InChI is InChI=1S/C15H17FN2O2/c1-18-9-10(8-13(18)19)17-14(20)15(6-7-15)11-4-2-3-5-12(11)16/h2-5,10H,6-9H2,1H3,(H,17,20). The van der Waals surface area contributed by atoms with Crippen LogP contribution < -0.4 is 5.32 Å². The number of likely N-dealkylation sites (tertiary alicyclic amines) is 1. The first-order valence-corrected chi connectivity index (χ1v) is 6.83. The van der Waals surface area contributed by atoms with E-state index in [0.717, 1.165) is 0 Å². The lowest BCUT2D eigenvalue weighted by atomic mass is 9.94. The Balaban J connectivity index is 1.75. The van der Waals surface area contributed by atoms with Gasteiger partial charge in [0, 0.05) is 25.6 Å². The number of carbonyl (C=O) groups is 2. The summed E-state index contributed by atoms with van der Waals surface area (Å²) in [5.41, 5.74) is -0.259. The highest BCUT2D eigenvalue weighted by atomic mass is 19.1. The number of hydrogen-bond acceptors (Lipinski definition) is 2. The largest absolute Gasteiger partial charge is 0.350 e. The minimum atomic E-state index is -0.727. The minimum absolute atomic E-state index is 0.0334. The number of carbonyl (C=O) groups excluding carboxylic acids is 2. The van der Waals surface area contributed by atoms with Gasteiger partial charge in [-0.05, 0) is 18.9 Å². The van der Waals surface area contributed by atoms with Crippen molar-refractivity contribution in [1.82, 2.24) is 10.2 Å². The van der Waals surface area contributed by atoms with Crippen LogP contribution in [-0.4, -0.2) is 36.3 Å². The summed E-state index contributed by atoms with van der Waals surface area (Å²) in [4.78, 5) is 25.5. The zero-order valence-corrected chi connectivity index (χ0v) is 11.4. The lowest BCUT2D eigenvalue weighted by molar-refractivity contribution is -0.126. The van der Waals surface area contributed by atoms with E-state index in [1.807, 2.05) is 0 Å². The van der Waals surface area contributed by atoms with E-state index in [9.17, 15) is 14.0 Å². The van der Waals surface area contributed by atoms with Gasteiger partial charge in [-0.1, -0.05) is 18.2 Å². The molecule has 3 rings (SSSR count). The van der Waals surface area contributed by atoms with Crippen molar-refractivity contribution in [3.05, 3.63) is 35.6 Å². The van der Waals surface area contributed by atoms with Crippen LogP contribution in [0.3, 0.4) is 0 Å². The highest BCUT2D eigenvalue weighted by Crippen LogP contribution is 2.49. The molecular weight excluding hydrogens is 259 g/mol. The van der Waals surface area contributed by atoms with Crippen molar-refractivity contribution < 1.29 is 14.0 Å². The number of hydrogen-bond donors (Lipinski definition) is 1. The summed E-state index contributed by atoms with van der Waals surface area (Å²) >= 11 is 0. The first-order valence-electron chi connectivity index (χ1n) is 6.83. The molecule has 4 nitrogen and oxygen atoms in total. The number of nitrogens with one attached hydrogen (secondary N) is 1. The average Bonchev–Trinajstić information content (AvgIpc) is 3.14. The predicted octanol–water partition coefficient (Wildman–Crippen LogP) is 1.20. The second kappa shape index (κ2) is 4.58. The SMILES string of the molecule is CN1CC(NC(=O)C2(c3ccccc3F)CC2)CC1=O. The van der Waals surface area contributed by atoms with Crippen molar-refractivity contribution in [3.63, 3.8) is 0 Å². The zero-order valence-electron chi connectivity index (χ0n) is 11.4. The van der Waals surface area contributed by atoms with Gasteiger partial charge in [0.1, 0.15) is 5.82 Å². The van der Waals surface area contributed by atoms with Crippen LogP contribution in [0.4, 0.5) is 4.39 Å². The van der Waals surface area contributed by atoms with Gasteiger partial charge >= 0.3 is 0 Å². The van der Waals surface area contributed by atoms with Crippen molar-refractivity contribution in [2.24, 2.45) is 0 Å². The third-order valence-electron chi connectivity index (χ3n) is 4.25. The molecule has 2 aliphatic rings. The highest BCUT2D eigenvalue weighted by molar-refractivity contribution is 5.92. The average molecular weight is 276 g/mol. The molecule has 1 aromatic carbocycles. The van der Waals surface area contributed by atoms with Gasteiger partial charge < -0.3 is 10.2 Å². The van der Waals surface area contributed by atoms with Crippen molar-refractivity contribution in [1.29, 1.82) is 0 Å². The van der Waals surface area contributed by atoms with E-state index < -0.39 is 5.41 Å². The number of nitrogens with zero attached hydrogens (tertiary/aromatic N) is 1. The third kappa shape index (κ3) is 2.07. The van der Waals surface area contributed by atoms with E-state index in [2.05, 4.69) is 5.32 Å². The fraction of sp³-hybridized carbons (Fsp3) is 0.467. The number of likely N-dealkylation sites (N-methyl/N-ethyl adjacent to an activating group) is 1. The Kier molecular flexibility index (Phi) is 3.00. The molecule has 1 atom stereocenters. The Morgan fingerprint density at radius 2 is 2.10 bits per heavy atom. The molecule has 1 N–H and O–H groups in total. The van der Waals surface area contributed by atoms with Gasteiger partial charge in [-0.3, -0.25) is 9.59 Å². The second-order valence-corrected chi connectivity index (χ2v) is 5.71. The Hall–Kier alpha value is -1.91. The molecule has 0 radical (unpaired) electrons. The van der Waals surface area contributed by atoms with E-state index >= 15 is 0 Å². The monoisotopic (exact) mass is 276 g/mol. The molecule has 1 aromatic rings. The van der Waals surface area contributed by atoms with Gasteiger partial charge in [0.15, 0.2) is 0 Å². The maximum Gasteiger partial charge on any atom is 0.231 e. The van der Waals surface area contributed by atoms with Gasteiger partial charge in [-0.25, -0.2) is 4.39 Å². The molecular formula is C15H17FN2O2.